The van der Waals surface area contributed by atoms with Crippen molar-refractivity contribution < 1.29 is 59.2 Å². The van der Waals surface area contributed by atoms with E-state index in [1.165, 1.54) is 25.3 Å². The van der Waals surface area contributed by atoms with E-state index >= 15 is 0 Å². The van der Waals surface area contributed by atoms with Crippen LogP contribution >= 0.6 is 0 Å². The van der Waals surface area contributed by atoms with E-state index in [9.17, 15) is 40.2 Å². The van der Waals surface area contributed by atoms with Gasteiger partial charge in [0.15, 0.2) is 23.9 Å². The summed E-state index contributed by atoms with van der Waals surface area (Å²) in [4.78, 5) is 25.2. The van der Waals surface area contributed by atoms with Crippen LogP contribution in [0.15, 0.2) is 30.3 Å². The van der Waals surface area contributed by atoms with Crippen molar-refractivity contribution >= 4 is 11.6 Å². The molecule has 0 amide bonds. The molecule has 2 aliphatic rings. The Bertz CT molecular complexity index is 1120. The summed E-state index contributed by atoms with van der Waals surface area (Å²) < 4.78 is 21.7. The summed E-state index contributed by atoms with van der Waals surface area (Å²) in [6.07, 6.45) is -7.70. The van der Waals surface area contributed by atoms with E-state index in [1.54, 1.807) is 0 Å². The SMILES string of the molecule is COc1cc(C2Oc3cc(O)cc(O)c3C(=O)C2=O)ccc1O[C@H]1O[C@H](O)[C@@H](O)[C@H](O)[C@H]1CO. The molecule has 6 atom stereocenters. The molecule has 4 rings (SSSR count). The van der Waals surface area contributed by atoms with Gasteiger partial charge in [-0.1, -0.05) is 6.07 Å². The second-order valence-electron chi connectivity index (χ2n) is 7.78. The Morgan fingerprint density at radius 2 is 1.74 bits per heavy atom. The molecule has 12 heteroatoms. The number of hydrogen-bond donors (Lipinski definition) is 6. The topological polar surface area (TPSA) is 192 Å². The van der Waals surface area contributed by atoms with Crippen molar-refractivity contribution in [3.05, 3.63) is 41.5 Å². The van der Waals surface area contributed by atoms with Gasteiger partial charge in [-0.15, -0.1) is 0 Å². The number of rotatable bonds is 5. The molecule has 0 saturated carbocycles. The quantitative estimate of drug-likeness (QED) is 0.299. The molecule has 0 bridgehead atoms. The van der Waals surface area contributed by atoms with Gasteiger partial charge in [-0.25, -0.2) is 0 Å². The van der Waals surface area contributed by atoms with Crippen molar-refractivity contribution in [2.75, 3.05) is 13.7 Å². The van der Waals surface area contributed by atoms with Gasteiger partial charge < -0.3 is 49.6 Å². The van der Waals surface area contributed by atoms with E-state index in [0.717, 1.165) is 12.1 Å². The largest absolute Gasteiger partial charge is 0.508 e. The minimum Gasteiger partial charge on any atom is -0.508 e. The summed E-state index contributed by atoms with van der Waals surface area (Å²) in [5, 5.41) is 58.8. The summed E-state index contributed by atoms with van der Waals surface area (Å²) in [6, 6.07) is 6.10. The molecule has 1 saturated heterocycles. The third-order valence-corrected chi connectivity index (χ3v) is 5.65. The lowest BCUT2D eigenvalue weighted by molar-refractivity contribution is -0.312. The predicted molar refractivity (Wildman–Crippen MR) is 110 cm³/mol. The van der Waals surface area contributed by atoms with E-state index in [2.05, 4.69) is 0 Å². The van der Waals surface area contributed by atoms with Gasteiger partial charge in [0.25, 0.3) is 0 Å². The van der Waals surface area contributed by atoms with Gasteiger partial charge in [-0.05, 0) is 12.1 Å². The number of methoxy groups -OCH3 is 1. The van der Waals surface area contributed by atoms with Gasteiger partial charge in [0, 0.05) is 17.7 Å². The van der Waals surface area contributed by atoms with E-state index in [4.69, 9.17) is 18.9 Å². The zero-order valence-electron chi connectivity index (χ0n) is 17.7. The zero-order chi connectivity index (χ0) is 24.7. The molecule has 2 aliphatic heterocycles. The van der Waals surface area contributed by atoms with Crippen molar-refractivity contribution in [2.45, 2.75) is 30.9 Å². The molecule has 0 aromatic heterocycles. The lowest BCUT2D eigenvalue weighted by Crippen LogP contribution is -2.57. The highest BCUT2D eigenvalue weighted by Gasteiger charge is 2.45. The van der Waals surface area contributed by atoms with Crippen LogP contribution in [0.2, 0.25) is 0 Å². The smallest absolute Gasteiger partial charge is 0.248 e. The molecule has 2 aromatic rings. The predicted octanol–water partition coefficient (Wildman–Crippen LogP) is -0.624. The summed E-state index contributed by atoms with van der Waals surface area (Å²) in [5.74, 6) is -4.08. The number of hydrogen-bond acceptors (Lipinski definition) is 12. The van der Waals surface area contributed by atoms with Crippen molar-refractivity contribution in [3.63, 3.8) is 0 Å². The summed E-state index contributed by atoms with van der Waals surface area (Å²) in [7, 11) is 1.30. The number of aliphatic hydroxyl groups is 4. The maximum absolute atomic E-state index is 12.7. The maximum Gasteiger partial charge on any atom is 0.248 e. The van der Waals surface area contributed by atoms with Crippen molar-refractivity contribution in [2.24, 2.45) is 5.92 Å². The number of phenolic OH excluding ortho intramolecular Hbond substituents is 2. The Labute approximate surface area is 192 Å². The number of Topliss-reactive ketones (excluding diaryl/α,β-unsaturated/α-hetero) is 2. The molecule has 0 spiro atoms. The number of aliphatic hydroxyl groups excluding tert-OH is 4. The van der Waals surface area contributed by atoms with Crippen molar-refractivity contribution in [1.29, 1.82) is 0 Å². The van der Waals surface area contributed by atoms with Crippen LogP contribution in [0, 0.1) is 5.92 Å². The second-order valence-corrected chi connectivity index (χ2v) is 7.78. The number of carbonyl (C=O) groups is 2. The molecular weight excluding hydrogens is 456 g/mol. The van der Waals surface area contributed by atoms with E-state index < -0.39 is 60.7 Å². The molecule has 6 N–H and O–H groups in total. The van der Waals surface area contributed by atoms with E-state index in [-0.39, 0.29) is 34.1 Å². The first-order valence-corrected chi connectivity index (χ1v) is 10.1. The summed E-state index contributed by atoms with van der Waals surface area (Å²) in [5.41, 5.74) is -0.162. The fourth-order valence-corrected chi connectivity index (χ4v) is 3.83. The van der Waals surface area contributed by atoms with Crippen molar-refractivity contribution in [3.8, 4) is 28.7 Å². The number of benzene rings is 2. The molecule has 2 aromatic carbocycles. The first kappa shape index (κ1) is 23.7. The minimum atomic E-state index is -1.76. The fourth-order valence-electron chi connectivity index (χ4n) is 3.83. The molecule has 0 radical (unpaired) electrons. The monoisotopic (exact) mass is 478 g/mol. The van der Waals surface area contributed by atoms with Crippen LogP contribution in [0.25, 0.3) is 0 Å². The Balaban J connectivity index is 1.63. The number of ether oxygens (including phenoxy) is 4. The Kier molecular flexibility index (Phi) is 6.34. The normalized spacial score (nSPS) is 28.7. The van der Waals surface area contributed by atoms with Crippen LogP contribution in [0.3, 0.4) is 0 Å². The average molecular weight is 478 g/mol. The van der Waals surface area contributed by atoms with Crippen LogP contribution in [0.1, 0.15) is 22.0 Å². The van der Waals surface area contributed by atoms with E-state index in [1.807, 2.05) is 0 Å². The summed E-state index contributed by atoms with van der Waals surface area (Å²) in [6.45, 7) is -0.623. The van der Waals surface area contributed by atoms with Gasteiger partial charge in [0.1, 0.15) is 28.9 Å². The number of aromatic hydroxyl groups is 2. The molecule has 1 fully saturated rings. The van der Waals surface area contributed by atoms with Gasteiger partial charge in [0.2, 0.25) is 17.9 Å². The first-order chi connectivity index (χ1) is 16.2. The number of fused-ring (bicyclic) bond motifs is 1. The first-order valence-electron chi connectivity index (χ1n) is 10.1. The molecule has 1 unspecified atom stereocenters. The van der Waals surface area contributed by atoms with Crippen LogP contribution < -0.4 is 14.2 Å². The van der Waals surface area contributed by atoms with Crippen LogP contribution in [-0.2, 0) is 9.53 Å². The molecule has 34 heavy (non-hydrogen) atoms. The molecule has 0 aliphatic carbocycles. The highest BCUT2D eigenvalue weighted by molar-refractivity contribution is 6.47. The number of phenols is 2. The lowest BCUT2D eigenvalue weighted by atomic mass is 9.93. The molecular formula is C22H22O12. The third-order valence-electron chi connectivity index (χ3n) is 5.65. The molecule has 12 nitrogen and oxygen atoms in total. The third kappa shape index (κ3) is 4.02. The Morgan fingerprint density at radius 1 is 1.00 bits per heavy atom. The lowest BCUT2D eigenvalue weighted by Gasteiger charge is -2.39. The molecule has 2 heterocycles. The van der Waals surface area contributed by atoms with Crippen molar-refractivity contribution in [1.82, 2.24) is 0 Å². The second kappa shape index (κ2) is 9.08. The maximum atomic E-state index is 12.7. The standard InChI is InChI=1S/C22H22O12/c1-31-13-4-8(20-18(28)17(27)15-11(25)5-9(24)6-14(15)32-20)2-3-12(13)33-22-10(7-23)16(26)19(29)21(30)34-22/h2-6,10,16,19-26,29-30H,7H2,1H3/t10-,16-,19+,20?,21+,22+/m1/s1. The Morgan fingerprint density at radius 3 is 2.41 bits per heavy atom. The van der Waals surface area contributed by atoms with E-state index in [0.29, 0.717) is 0 Å². The van der Waals surface area contributed by atoms with Gasteiger partial charge in [-0.3, -0.25) is 9.59 Å². The zero-order valence-corrected chi connectivity index (χ0v) is 17.7. The summed E-state index contributed by atoms with van der Waals surface area (Å²) >= 11 is 0. The van der Waals surface area contributed by atoms with Gasteiger partial charge in [-0.2, -0.15) is 0 Å². The Hall–Kier alpha value is -3.42. The fraction of sp³-hybridized carbons (Fsp3) is 0.364. The number of carbonyl (C=O) groups excluding carboxylic acids is 2. The average Bonchev–Trinajstić information content (AvgIpc) is 2.80. The van der Waals surface area contributed by atoms with Gasteiger partial charge >= 0.3 is 0 Å². The van der Waals surface area contributed by atoms with Crippen LogP contribution in [0.5, 0.6) is 28.7 Å². The van der Waals surface area contributed by atoms with Crippen LogP contribution in [0.4, 0.5) is 0 Å². The van der Waals surface area contributed by atoms with Crippen LogP contribution in [-0.4, -0.2) is 80.7 Å². The molecule has 182 valence electrons. The highest BCUT2D eigenvalue weighted by atomic mass is 16.7. The highest BCUT2D eigenvalue weighted by Crippen LogP contribution is 2.42. The number of ketones is 2. The van der Waals surface area contributed by atoms with Gasteiger partial charge in [0.05, 0.1) is 25.7 Å². The minimum absolute atomic E-state index is 0.0377.